The third-order valence-electron chi connectivity index (χ3n) is 3.25. The third-order valence-corrected chi connectivity index (χ3v) is 3.25. The molecular formula is C15H11FN2O2. The van der Waals surface area contributed by atoms with Crippen LogP contribution in [0.25, 0.3) is 10.9 Å². The van der Waals surface area contributed by atoms with E-state index < -0.39 is 0 Å². The van der Waals surface area contributed by atoms with Crippen LogP contribution in [0.15, 0.2) is 54.7 Å². The second-order valence-corrected chi connectivity index (χ2v) is 4.54. The molecule has 1 heterocycles. The Morgan fingerprint density at radius 2 is 1.85 bits per heavy atom. The predicted molar refractivity (Wildman–Crippen MR) is 74.1 cm³/mol. The number of hydrogen-bond acceptors (Lipinski definition) is 2. The van der Waals surface area contributed by atoms with Crippen molar-refractivity contribution in [3.8, 4) is 0 Å². The van der Waals surface area contributed by atoms with Gasteiger partial charge in [0.2, 0.25) is 0 Å². The normalized spacial score (nSPS) is 10.8. The van der Waals surface area contributed by atoms with Crippen molar-refractivity contribution in [1.82, 2.24) is 4.57 Å². The van der Waals surface area contributed by atoms with Gasteiger partial charge in [-0.3, -0.25) is 10.1 Å². The minimum Gasteiger partial charge on any atom is -0.343 e. The smallest absolute Gasteiger partial charge is 0.278 e. The fourth-order valence-corrected chi connectivity index (χ4v) is 2.29. The Morgan fingerprint density at radius 3 is 2.55 bits per heavy atom. The highest BCUT2D eigenvalue weighted by molar-refractivity contribution is 5.89. The highest BCUT2D eigenvalue weighted by Gasteiger charge is 2.13. The molecule has 0 aliphatic carbocycles. The molecule has 5 heteroatoms. The molecule has 3 rings (SSSR count). The number of nitrogens with zero attached hydrogens (tertiary/aromatic N) is 2. The van der Waals surface area contributed by atoms with E-state index in [1.807, 2.05) is 10.6 Å². The summed E-state index contributed by atoms with van der Waals surface area (Å²) >= 11 is 0. The number of benzene rings is 2. The zero-order valence-corrected chi connectivity index (χ0v) is 10.5. The molecule has 0 fully saturated rings. The minimum atomic E-state index is -0.384. The number of nitro groups is 1. The SMILES string of the molecule is O=[N+]([O-])c1cccc2c1ccn2Cc1ccc(F)cc1. The standard InChI is InChI=1S/C15H11FN2O2/c16-12-6-4-11(5-7-12)10-17-9-8-13-14(17)2-1-3-15(13)18(19)20/h1-9H,10H2. The van der Waals surface area contributed by atoms with Crippen molar-refractivity contribution >= 4 is 16.6 Å². The molecule has 0 radical (unpaired) electrons. The first-order chi connectivity index (χ1) is 9.65. The molecule has 100 valence electrons. The molecule has 0 unspecified atom stereocenters. The summed E-state index contributed by atoms with van der Waals surface area (Å²) in [5.41, 5.74) is 1.83. The maximum atomic E-state index is 12.9. The van der Waals surface area contributed by atoms with Gasteiger partial charge in [-0.15, -0.1) is 0 Å². The molecule has 0 saturated carbocycles. The summed E-state index contributed by atoms with van der Waals surface area (Å²) in [6.45, 7) is 0.547. The van der Waals surface area contributed by atoms with E-state index in [4.69, 9.17) is 0 Å². The first kappa shape index (κ1) is 12.3. The van der Waals surface area contributed by atoms with Gasteiger partial charge in [0.05, 0.1) is 15.8 Å². The number of fused-ring (bicyclic) bond motifs is 1. The quantitative estimate of drug-likeness (QED) is 0.537. The first-order valence-corrected chi connectivity index (χ1v) is 6.12. The summed E-state index contributed by atoms with van der Waals surface area (Å²) in [5, 5.41) is 11.6. The average molecular weight is 270 g/mol. The van der Waals surface area contributed by atoms with Gasteiger partial charge in [-0.2, -0.15) is 0 Å². The predicted octanol–water partition coefficient (Wildman–Crippen LogP) is 3.74. The monoisotopic (exact) mass is 270 g/mol. The van der Waals surface area contributed by atoms with Gasteiger partial charge in [-0.05, 0) is 29.8 Å². The van der Waals surface area contributed by atoms with Crippen LogP contribution in [0, 0.1) is 15.9 Å². The number of nitro benzene ring substituents is 1. The third kappa shape index (κ3) is 2.14. The molecule has 0 aliphatic rings. The molecule has 0 N–H and O–H groups in total. The molecule has 4 nitrogen and oxygen atoms in total. The first-order valence-electron chi connectivity index (χ1n) is 6.12. The molecule has 1 aromatic heterocycles. The molecule has 0 atom stereocenters. The van der Waals surface area contributed by atoms with E-state index in [0.717, 1.165) is 11.1 Å². The van der Waals surface area contributed by atoms with Crippen molar-refractivity contribution in [2.75, 3.05) is 0 Å². The van der Waals surface area contributed by atoms with Gasteiger partial charge in [0.25, 0.3) is 5.69 Å². The van der Waals surface area contributed by atoms with E-state index in [0.29, 0.717) is 11.9 Å². The van der Waals surface area contributed by atoms with Crippen LogP contribution in [-0.2, 0) is 6.54 Å². The molecule has 3 aromatic rings. The van der Waals surface area contributed by atoms with E-state index in [1.54, 1.807) is 30.5 Å². The van der Waals surface area contributed by atoms with Crippen molar-refractivity contribution in [1.29, 1.82) is 0 Å². The minimum absolute atomic E-state index is 0.0976. The molecule has 0 aliphatic heterocycles. The number of hydrogen-bond donors (Lipinski definition) is 0. The lowest BCUT2D eigenvalue weighted by molar-refractivity contribution is -0.383. The second-order valence-electron chi connectivity index (χ2n) is 4.54. The molecule has 2 aromatic carbocycles. The number of halogens is 1. The van der Waals surface area contributed by atoms with Crippen LogP contribution in [0.3, 0.4) is 0 Å². The number of rotatable bonds is 3. The van der Waals surface area contributed by atoms with Crippen molar-refractivity contribution in [3.63, 3.8) is 0 Å². The van der Waals surface area contributed by atoms with E-state index in [1.165, 1.54) is 18.2 Å². The fraction of sp³-hybridized carbons (Fsp3) is 0.0667. The summed E-state index contributed by atoms with van der Waals surface area (Å²) < 4.78 is 14.8. The molecule has 0 spiro atoms. The van der Waals surface area contributed by atoms with Crippen molar-refractivity contribution in [2.24, 2.45) is 0 Å². The summed E-state index contributed by atoms with van der Waals surface area (Å²) in [6, 6.07) is 13.0. The van der Waals surface area contributed by atoms with Gasteiger partial charge in [0.1, 0.15) is 5.82 Å². The highest BCUT2D eigenvalue weighted by atomic mass is 19.1. The zero-order valence-electron chi connectivity index (χ0n) is 10.5. The van der Waals surface area contributed by atoms with Gasteiger partial charge in [-0.25, -0.2) is 4.39 Å². The van der Waals surface area contributed by atoms with Crippen LogP contribution in [0.5, 0.6) is 0 Å². The molecule has 0 saturated heterocycles. The number of aromatic nitrogens is 1. The van der Waals surface area contributed by atoms with Gasteiger partial charge < -0.3 is 4.57 Å². The summed E-state index contributed by atoms with van der Waals surface area (Å²) in [6.07, 6.45) is 1.81. The van der Waals surface area contributed by atoms with Crippen LogP contribution >= 0.6 is 0 Å². The Labute approximate surface area is 114 Å². The lowest BCUT2D eigenvalue weighted by atomic mass is 10.2. The Morgan fingerprint density at radius 1 is 1.10 bits per heavy atom. The summed E-state index contributed by atoms with van der Waals surface area (Å²) in [7, 11) is 0. The van der Waals surface area contributed by atoms with Crippen LogP contribution < -0.4 is 0 Å². The Hall–Kier alpha value is -2.69. The molecule has 0 amide bonds. The maximum absolute atomic E-state index is 12.9. The van der Waals surface area contributed by atoms with E-state index >= 15 is 0 Å². The van der Waals surface area contributed by atoms with Gasteiger partial charge in [0.15, 0.2) is 0 Å². The van der Waals surface area contributed by atoms with Gasteiger partial charge in [0, 0.05) is 18.8 Å². The van der Waals surface area contributed by atoms with Crippen LogP contribution in [0.1, 0.15) is 5.56 Å². The zero-order chi connectivity index (χ0) is 14.1. The van der Waals surface area contributed by atoms with Crippen molar-refractivity contribution in [2.45, 2.75) is 6.54 Å². The molecular weight excluding hydrogens is 259 g/mol. The fourth-order valence-electron chi connectivity index (χ4n) is 2.29. The largest absolute Gasteiger partial charge is 0.343 e. The average Bonchev–Trinajstić information content (AvgIpc) is 2.84. The van der Waals surface area contributed by atoms with E-state index in [-0.39, 0.29) is 16.4 Å². The Bertz CT molecular complexity index is 778. The van der Waals surface area contributed by atoms with E-state index in [2.05, 4.69) is 0 Å². The lowest BCUT2D eigenvalue weighted by Gasteiger charge is -2.05. The highest BCUT2D eigenvalue weighted by Crippen LogP contribution is 2.26. The summed E-state index contributed by atoms with van der Waals surface area (Å²) in [5.74, 6) is -0.276. The summed E-state index contributed by atoms with van der Waals surface area (Å²) in [4.78, 5) is 10.6. The maximum Gasteiger partial charge on any atom is 0.278 e. The number of non-ortho nitro benzene ring substituents is 1. The second kappa shape index (κ2) is 4.77. The van der Waals surface area contributed by atoms with Crippen LogP contribution in [0.4, 0.5) is 10.1 Å². The van der Waals surface area contributed by atoms with Crippen molar-refractivity contribution in [3.05, 3.63) is 76.2 Å². The van der Waals surface area contributed by atoms with Crippen LogP contribution in [-0.4, -0.2) is 9.49 Å². The topological polar surface area (TPSA) is 48.1 Å². The van der Waals surface area contributed by atoms with Crippen molar-refractivity contribution < 1.29 is 9.31 Å². The Balaban J connectivity index is 2.03. The lowest BCUT2D eigenvalue weighted by Crippen LogP contribution is -1.98. The Kier molecular flexibility index (Phi) is 2.95. The van der Waals surface area contributed by atoms with Gasteiger partial charge >= 0.3 is 0 Å². The van der Waals surface area contributed by atoms with Gasteiger partial charge in [-0.1, -0.05) is 18.2 Å². The van der Waals surface area contributed by atoms with Crippen LogP contribution in [0.2, 0.25) is 0 Å². The molecule has 20 heavy (non-hydrogen) atoms. The molecule has 0 bridgehead atoms. The van der Waals surface area contributed by atoms with E-state index in [9.17, 15) is 14.5 Å².